The average molecular weight is 290 g/mol. The van der Waals surface area contributed by atoms with Gasteiger partial charge < -0.3 is 16.2 Å². The number of anilines is 1. The standard InChI is InChI=1S/C16H22N2O3/c1-16(15(20)21)9-3-2-4-13(16)18-14(19)10-11-5-7-12(17)8-6-11/h5-8,13H,2-4,9-10,17H2,1H3,(H,18,19)(H,20,21). The average Bonchev–Trinajstić information content (AvgIpc) is 2.44. The van der Waals surface area contributed by atoms with Gasteiger partial charge >= 0.3 is 5.97 Å². The number of hydrogen-bond donors (Lipinski definition) is 3. The van der Waals surface area contributed by atoms with Crippen LogP contribution >= 0.6 is 0 Å². The molecule has 2 rings (SSSR count). The first kappa shape index (κ1) is 15.4. The molecule has 0 spiro atoms. The van der Waals surface area contributed by atoms with E-state index in [1.165, 1.54) is 0 Å². The van der Waals surface area contributed by atoms with Gasteiger partial charge in [0.25, 0.3) is 0 Å². The predicted octanol–water partition coefficient (Wildman–Crippen LogP) is 1.96. The number of nitrogens with two attached hydrogens (primary N) is 1. The second-order valence-electron chi connectivity index (χ2n) is 6.01. The molecule has 5 heteroatoms. The minimum absolute atomic E-state index is 0.140. The lowest BCUT2D eigenvalue weighted by molar-refractivity contribution is -0.152. The summed E-state index contributed by atoms with van der Waals surface area (Å²) in [5, 5.41) is 12.3. The molecule has 0 aliphatic heterocycles. The molecule has 0 radical (unpaired) electrons. The number of rotatable bonds is 4. The van der Waals surface area contributed by atoms with Crippen molar-refractivity contribution in [3.63, 3.8) is 0 Å². The molecule has 0 saturated heterocycles. The van der Waals surface area contributed by atoms with Gasteiger partial charge in [-0.2, -0.15) is 0 Å². The summed E-state index contributed by atoms with van der Waals surface area (Å²) >= 11 is 0. The summed E-state index contributed by atoms with van der Waals surface area (Å²) in [5.41, 5.74) is 6.27. The first-order valence-electron chi connectivity index (χ1n) is 7.29. The third kappa shape index (κ3) is 3.54. The predicted molar refractivity (Wildman–Crippen MR) is 80.7 cm³/mol. The number of hydrogen-bond acceptors (Lipinski definition) is 3. The lowest BCUT2D eigenvalue weighted by Gasteiger charge is -2.38. The van der Waals surface area contributed by atoms with Crippen molar-refractivity contribution in [2.75, 3.05) is 5.73 Å². The fraction of sp³-hybridized carbons (Fsp3) is 0.500. The SMILES string of the molecule is CC1(C(=O)O)CCCCC1NC(=O)Cc1ccc(N)cc1. The molecule has 1 amide bonds. The van der Waals surface area contributed by atoms with Crippen molar-refractivity contribution >= 4 is 17.6 Å². The van der Waals surface area contributed by atoms with Gasteiger partial charge in [-0.3, -0.25) is 9.59 Å². The highest BCUT2D eigenvalue weighted by atomic mass is 16.4. The van der Waals surface area contributed by atoms with Gasteiger partial charge in [-0.1, -0.05) is 25.0 Å². The molecule has 1 aromatic carbocycles. The van der Waals surface area contributed by atoms with Gasteiger partial charge in [-0.05, 0) is 37.5 Å². The van der Waals surface area contributed by atoms with Gasteiger partial charge in [0.05, 0.1) is 11.8 Å². The second kappa shape index (κ2) is 6.16. The van der Waals surface area contributed by atoms with E-state index in [9.17, 15) is 14.7 Å². The Morgan fingerprint density at radius 2 is 2.00 bits per heavy atom. The number of benzene rings is 1. The fourth-order valence-electron chi connectivity index (χ4n) is 2.89. The van der Waals surface area contributed by atoms with Crippen LogP contribution in [-0.4, -0.2) is 23.0 Å². The molecule has 0 aromatic heterocycles. The molecule has 1 saturated carbocycles. The number of aliphatic carboxylic acids is 1. The molecule has 1 aliphatic carbocycles. The first-order chi connectivity index (χ1) is 9.91. The molecular weight excluding hydrogens is 268 g/mol. The van der Waals surface area contributed by atoms with E-state index < -0.39 is 11.4 Å². The van der Waals surface area contributed by atoms with Crippen LogP contribution < -0.4 is 11.1 Å². The molecule has 1 aliphatic rings. The van der Waals surface area contributed by atoms with Crippen molar-refractivity contribution in [2.24, 2.45) is 5.41 Å². The summed E-state index contributed by atoms with van der Waals surface area (Å²) < 4.78 is 0. The van der Waals surface area contributed by atoms with E-state index >= 15 is 0 Å². The maximum atomic E-state index is 12.1. The summed E-state index contributed by atoms with van der Waals surface area (Å²) in [6, 6.07) is 6.83. The van der Waals surface area contributed by atoms with Gasteiger partial charge in [-0.15, -0.1) is 0 Å². The highest BCUT2D eigenvalue weighted by Gasteiger charge is 2.43. The smallest absolute Gasteiger partial charge is 0.311 e. The van der Waals surface area contributed by atoms with Crippen LogP contribution in [0.5, 0.6) is 0 Å². The zero-order chi connectivity index (χ0) is 15.5. The Bertz CT molecular complexity index is 527. The van der Waals surface area contributed by atoms with E-state index in [1.807, 2.05) is 12.1 Å². The molecule has 2 atom stereocenters. The van der Waals surface area contributed by atoms with E-state index in [4.69, 9.17) is 5.73 Å². The molecule has 21 heavy (non-hydrogen) atoms. The summed E-state index contributed by atoms with van der Waals surface area (Å²) in [4.78, 5) is 23.6. The molecule has 2 unspecified atom stereocenters. The molecule has 114 valence electrons. The van der Waals surface area contributed by atoms with Gasteiger partial charge in [0.15, 0.2) is 0 Å². The zero-order valence-corrected chi connectivity index (χ0v) is 12.3. The molecule has 1 aromatic rings. The van der Waals surface area contributed by atoms with Crippen LogP contribution in [0.1, 0.15) is 38.2 Å². The first-order valence-corrected chi connectivity index (χ1v) is 7.29. The third-order valence-electron chi connectivity index (χ3n) is 4.38. The Morgan fingerprint density at radius 1 is 1.33 bits per heavy atom. The monoisotopic (exact) mass is 290 g/mol. The topological polar surface area (TPSA) is 92.4 Å². The van der Waals surface area contributed by atoms with Crippen LogP contribution in [0.3, 0.4) is 0 Å². The van der Waals surface area contributed by atoms with Crippen LogP contribution in [-0.2, 0) is 16.0 Å². The Morgan fingerprint density at radius 3 is 2.62 bits per heavy atom. The molecule has 4 N–H and O–H groups in total. The van der Waals surface area contributed by atoms with Crippen molar-refractivity contribution < 1.29 is 14.7 Å². The Labute approximate surface area is 124 Å². The highest BCUT2D eigenvalue weighted by molar-refractivity contribution is 5.81. The number of amides is 1. The Kier molecular flexibility index (Phi) is 4.50. The maximum Gasteiger partial charge on any atom is 0.311 e. The van der Waals surface area contributed by atoms with E-state index in [0.29, 0.717) is 12.1 Å². The van der Waals surface area contributed by atoms with E-state index in [2.05, 4.69) is 5.32 Å². The number of carboxylic acids is 1. The number of carboxylic acid groups (broad SMARTS) is 1. The minimum Gasteiger partial charge on any atom is -0.481 e. The summed E-state index contributed by atoms with van der Waals surface area (Å²) in [5.74, 6) is -0.973. The molecule has 0 heterocycles. The number of nitrogens with one attached hydrogen (secondary N) is 1. The number of carbonyl (C=O) groups is 2. The van der Waals surface area contributed by atoms with E-state index in [0.717, 1.165) is 24.8 Å². The van der Waals surface area contributed by atoms with Crippen molar-refractivity contribution in [2.45, 2.75) is 45.1 Å². The maximum absolute atomic E-state index is 12.1. The second-order valence-corrected chi connectivity index (χ2v) is 6.01. The molecular formula is C16H22N2O3. The normalized spacial score (nSPS) is 25.3. The molecule has 0 bridgehead atoms. The largest absolute Gasteiger partial charge is 0.481 e. The van der Waals surface area contributed by atoms with Gasteiger partial charge in [-0.25, -0.2) is 0 Å². The summed E-state index contributed by atoms with van der Waals surface area (Å²) in [6.45, 7) is 1.72. The van der Waals surface area contributed by atoms with Gasteiger partial charge in [0.2, 0.25) is 5.91 Å². The van der Waals surface area contributed by atoms with Crippen molar-refractivity contribution in [3.05, 3.63) is 29.8 Å². The quantitative estimate of drug-likeness (QED) is 0.739. The van der Waals surface area contributed by atoms with Crippen LogP contribution in [0.15, 0.2) is 24.3 Å². The van der Waals surface area contributed by atoms with Crippen LogP contribution in [0.4, 0.5) is 5.69 Å². The minimum atomic E-state index is -0.866. The van der Waals surface area contributed by atoms with Crippen LogP contribution in [0.2, 0.25) is 0 Å². The lowest BCUT2D eigenvalue weighted by Crippen LogP contribution is -2.52. The van der Waals surface area contributed by atoms with E-state index in [-0.39, 0.29) is 18.4 Å². The fourth-order valence-corrected chi connectivity index (χ4v) is 2.89. The summed E-state index contributed by atoms with van der Waals surface area (Å²) in [7, 11) is 0. The van der Waals surface area contributed by atoms with Crippen molar-refractivity contribution in [1.82, 2.24) is 5.32 Å². The molecule has 1 fully saturated rings. The van der Waals surface area contributed by atoms with Gasteiger partial charge in [0.1, 0.15) is 0 Å². The Balaban J connectivity index is 2.00. The lowest BCUT2D eigenvalue weighted by atomic mass is 9.71. The van der Waals surface area contributed by atoms with Crippen molar-refractivity contribution in [3.8, 4) is 0 Å². The number of nitrogen functional groups attached to an aromatic ring is 1. The van der Waals surface area contributed by atoms with Crippen LogP contribution in [0.25, 0.3) is 0 Å². The zero-order valence-electron chi connectivity index (χ0n) is 12.3. The number of carbonyl (C=O) groups excluding carboxylic acids is 1. The van der Waals surface area contributed by atoms with Gasteiger partial charge in [0, 0.05) is 11.7 Å². The molecule has 5 nitrogen and oxygen atoms in total. The Hall–Kier alpha value is -2.04. The summed E-state index contributed by atoms with van der Waals surface area (Å²) in [6.07, 6.45) is 3.42. The van der Waals surface area contributed by atoms with Crippen LogP contribution in [0, 0.1) is 5.41 Å². The third-order valence-corrected chi connectivity index (χ3v) is 4.38. The van der Waals surface area contributed by atoms with Crippen molar-refractivity contribution in [1.29, 1.82) is 0 Å². The van der Waals surface area contributed by atoms with E-state index in [1.54, 1.807) is 19.1 Å². The highest BCUT2D eigenvalue weighted by Crippen LogP contribution is 2.36.